The van der Waals surface area contributed by atoms with Gasteiger partial charge in [-0.3, -0.25) is 10.1 Å². The number of hydrogen-bond acceptors (Lipinski definition) is 6. The van der Waals surface area contributed by atoms with E-state index in [0.29, 0.717) is 10.9 Å². The van der Waals surface area contributed by atoms with E-state index in [2.05, 4.69) is 22.2 Å². The van der Waals surface area contributed by atoms with Crippen molar-refractivity contribution in [3.63, 3.8) is 0 Å². The molecule has 2 aromatic rings. The van der Waals surface area contributed by atoms with Crippen LogP contribution in [0.25, 0.3) is 0 Å². The molecule has 1 aromatic carbocycles. The topological polar surface area (TPSA) is 54.5 Å². The average molecular weight is 347 g/mol. The lowest BCUT2D eigenvalue weighted by Crippen LogP contribution is -2.36. The second-order valence-corrected chi connectivity index (χ2v) is 7.88. The van der Waals surface area contributed by atoms with Crippen LogP contribution in [0.3, 0.4) is 0 Å². The van der Waals surface area contributed by atoms with Crippen molar-refractivity contribution in [2.75, 3.05) is 24.7 Å². The van der Waals surface area contributed by atoms with Crippen LogP contribution >= 0.6 is 23.1 Å². The zero-order valence-corrected chi connectivity index (χ0v) is 14.4. The number of likely N-dealkylation sites (N-methyl/N-ethyl adjacent to an activating group) is 1. The van der Waals surface area contributed by atoms with Crippen molar-refractivity contribution in [3.8, 4) is 5.75 Å². The van der Waals surface area contributed by atoms with Crippen LogP contribution in [0.5, 0.6) is 5.75 Å². The number of hydrogen-bond donors (Lipinski definition) is 1. The quantitative estimate of drug-likeness (QED) is 0.905. The van der Waals surface area contributed by atoms with Gasteiger partial charge in [0.05, 0.1) is 5.69 Å². The maximum atomic E-state index is 12.5. The molecule has 0 bridgehead atoms. The molecule has 120 valence electrons. The number of amides is 1. The molecule has 0 saturated carbocycles. The molecular weight excluding hydrogens is 330 g/mol. The van der Waals surface area contributed by atoms with E-state index in [4.69, 9.17) is 4.74 Å². The summed E-state index contributed by atoms with van der Waals surface area (Å²) < 4.78 is 5.82. The first kappa shape index (κ1) is 15.0. The van der Waals surface area contributed by atoms with Crippen molar-refractivity contribution in [1.82, 2.24) is 9.88 Å². The summed E-state index contributed by atoms with van der Waals surface area (Å²) >= 11 is 3.22. The minimum atomic E-state index is -0.474. The average Bonchev–Trinajstić information content (AvgIpc) is 2.95. The molecule has 2 aliphatic heterocycles. The Morgan fingerprint density at radius 1 is 1.43 bits per heavy atom. The van der Waals surface area contributed by atoms with Gasteiger partial charge in [-0.1, -0.05) is 12.1 Å². The Hall–Kier alpha value is -1.57. The number of thiazole rings is 1. The second-order valence-electron chi connectivity index (χ2n) is 5.73. The van der Waals surface area contributed by atoms with E-state index in [1.807, 2.05) is 24.3 Å². The SMILES string of the molecule is CN1CCc2nc(NC(=O)C3CSc4ccccc4O3)sc2C1. The normalized spacial score (nSPS) is 20.3. The molecule has 0 fully saturated rings. The molecule has 4 rings (SSSR count). The fraction of sp³-hybridized carbons (Fsp3) is 0.375. The molecule has 5 nitrogen and oxygen atoms in total. The highest BCUT2D eigenvalue weighted by Gasteiger charge is 2.28. The number of ether oxygens (including phenoxy) is 1. The number of benzene rings is 1. The summed E-state index contributed by atoms with van der Waals surface area (Å²) in [6, 6.07) is 7.82. The maximum absolute atomic E-state index is 12.5. The minimum Gasteiger partial charge on any atom is -0.479 e. The molecule has 1 atom stereocenters. The molecule has 7 heteroatoms. The number of fused-ring (bicyclic) bond motifs is 2. The largest absolute Gasteiger partial charge is 0.479 e. The molecule has 1 unspecified atom stereocenters. The standard InChI is InChI=1S/C16H17N3O2S2/c1-19-7-6-10-14(8-19)23-16(17-10)18-15(20)12-9-22-13-5-3-2-4-11(13)21-12/h2-5,12H,6-9H2,1H3,(H,17,18,20). The highest BCUT2D eigenvalue weighted by Crippen LogP contribution is 2.35. The smallest absolute Gasteiger partial charge is 0.268 e. The maximum Gasteiger partial charge on any atom is 0.268 e. The first-order chi connectivity index (χ1) is 11.2. The molecule has 0 spiro atoms. The van der Waals surface area contributed by atoms with Crippen LogP contribution in [0.2, 0.25) is 0 Å². The van der Waals surface area contributed by atoms with Gasteiger partial charge in [-0.05, 0) is 19.2 Å². The zero-order valence-electron chi connectivity index (χ0n) is 12.7. The van der Waals surface area contributed by atoms with E-state index in [-0.39, 0.29) is 5.91 Å². The molecule has 1 amide bonds. The van der Waals surface area contributed by atoms with Gasteiger partial charge in [0.2, 0.25) is 0 Å². The van der Waals surface area contributed by atoms with E-state index in [1.165, 1.54) is 4.88 Å². The number of nitrogens with zero attached hydrogens (tertiary/aromatic N) is 2. The van der Waals surface area contributed by atoms with E-state index in [9.17, 15) is 4.79 Å². The molecular formula is C16H17N3O2S2. The second kappa shape index (κ2) is 6.14. The number of carbonyl (C=O) groups excluding carboxylic acids is 1. The van der Waals surface area contributed by atoms with Crippen molar-refractivity contribution in [1.29, 1.82) is 0 Å². The third-order valence-electron chi connectivity index (χ3n) is 3.95. The van der Waals surface area contributed by atoms with Crippen LogP contribution in [0.4, 0.5) is 5.13 Å². The number of anilines is 1. The minimum absolute atomic E-state index is 0.119. The molecule has 2 aliphatic rings. The predicted octanol–water partition coefficient (Wildman–Crippen LogP) is 2.62. The molecule has 1 N–H and O–H groups in total. The van der Waals surface area contributed by atoms with Crippen LogP contribution < -0.4 is 10.1 Å². The monoisotopic (exact) mass is 347 g/mol. The lowest BCUT2D eigenvalue weighted by molar-refractivity contribution is -0.122. The molecule has 23 heavy (non-hydrogen) atoms. The van der Waals surface area contributed by atoms with Crippen molar-refractivity contribution in [2.24, 2.45) is 0 Å². The van der Waals surface area contributed by atoms with E-state index < -0.39 is 6.10 Å². The van der Waals surface area contributed by atoms with Gasteiger partial charge in [0, 0.05) is 35.0 Å². The number of rotatable bonds is 2. The van der Waals surface area contributed by atoms with Gasteiger partial charge < -0.3 is 9.64 Å². The van der Waals surface area contributed by atoms with Gasteiger partial charge >= 0.3 is 0 Å². The van der Waals surface area contributed by atoms with Gasteiger partial charge in [-0.2, -0.15) is 0 Å². The van der Waals surface area contributed by atoms with Crippen LogP contribution in [-0.2, 0) is 17.8 Å². The van der Waals surface area contributed by atoms with Crippen molar-refractivity contribution < 1.29 is 9.53 Å². The van der Waals surface area contributed by atoms with Gasteiger partial charge in [-0.15, -0.1) is 23.1 Å². The van der Waals surface area contributed by atoms with Gasteiger partial charge in [0.25, 0.3) is 5.91 Å². The summed E-state index contributed by atoms with van der Waals surface area (Å²) in [6.45, 7) is 1.93. The lowest BCUT2D eigenvalue weighted by atomic mass is 10.2. The van der Waals surface area contributed by atoms with Crippen molar-refractivity contribution in [3.05, 3.63) is 34.8 Å². The third kappa shape index (κ3) is 3.08. The fourth-order valence-electron chi connectivity index (χ4n) is 2.71. The first-order valence-electron chi connectivity index (χ1n) is 7.55. The van der Waals surface area contributed by atoms with E-state index >= 15 is 0 Å². The molecule has 0 aliphatic carbocycles. The molecule has 1 aromatic heterocycles. The Morgan fingerprint density at radius 3 is 3.22 bits per heavy atom. The Balaban J connectivity index is 1.45. The Morgan fingerprint density at radius 2 is 2.30 bits per heavy atom. The predicted molar refractivity (Wildman–Crippen MR) is 92.4 cm³/mol. The summed E-state index contributed by atoms with van der Waals surface area (Å²) in [6.07, 6.45) is 0.472. The summed E-state index contributed by atoms with van der Waals surface area (Å²) in [5.41, 5.74) is 1.12. The molecule has 0 saturated heterocycles. The van der Waals surface area contributed by atoms with Gasteiger partial charge in [-0.25, -0.2) is 4.98 Å². The van der Waals surface area contributed by atoms with Crippen molar-refractivity contribution in [2.45, 2.75) is 24.0 Å². The number of nitrogens with one attached hydrogen (secondary N) is 1. The third-order valence-corrected chi connectivity index (χ3v) is 6.07. The zero-order chi connectivity index (χ0) is 15.8. The number of carbonyl (C=O) groups is 1. The summed E-state index contributed by atoms with van der Waals surface area (Å²) in [5, 5.41) is 3.61. The van der Waals surface area contributed by atoms with Crippen LogP contribution in [0.1, 0.15) is 10.6 Å². The number of para-hydroxylation sites is 1. The molecule has 3 heterocycles. The Labute approximate surface area is 143 Å². The summed E-state index contributed by atoms with van der Waals surface area (Å²) in [7, 11) is 2.10. The van der Waals surface area contributed by atoms with Gasteiger partial charge in [0.1, 0.15) is 5.75 Å². The highest BCUT2D eigenvalue weighted by molar-refractivity contribution is 7.99. The van der Waals surface area contributed by atoms with Crippen LogP contribution in [0.15, 0.2) is 29.2 Å². The van der Waals surface area contributed by atoms with Crippen LogP contribution in [-0.4, -0.2) is 41.2 Å². The van der Waals surface area contributed by atoms with Gasteiger partial charge in [0.15, 0.2) is 11.2 Å². The Bertz CT molecular complexity index is 747. The lowest BCUT2D eigenvalue weighted by Gasteiger charge is -2.24. The molecule has 0 radical (unpaired) electrons. The van der Waals surface area contributed by atoms with E-state index in [1.54, 1.807) is 23.1 Å². The van der Waals surface area contributed by atoms with Crippen LogP contribution in [0, 0.1) is 0 Å². The summed E-state index contributed by atoms with van der Waals surface area (Å²) in [4.78, 5) is 21.6. The Kier molecular flexibility index (Phi) is 4.00. The summed E-state index contributed by atoms with van der Waals surface area (Å²) in [5.74, 6) is 1.28. The van der Waals surface area contributed by atoms with E-state index in [0.717, 1.165) is 35.8 Å². The number of thioether (sulfide) groups is 1. The van der Waals surface area contributed by atoms with Crippen molar-refractivity contribution >= 4 is 34.1 Å². The fourth-order valence-corrected chi connectivity index (χ4v) is 4.79. The highest BCUT2D eigenvalue weighted by atomic mass is 32.2. The first-order valence-corrected chi connectivity index (χ1v) is 9.36. The number of aromatic nitrogens is 1.